The lowest BCUT2D eigenvalue weighted by Gasteiger charge is -2.16. The van der Waals surface area contributed by atoms with Crippen LogP contribution in [0.4, 0.5) is 5.69 Å². The first kappa shape index (κ1) is 17.5. The smallest absolute Gasteiger partial charge is 0.253 e. The van der Waals surface area contributed by atoms with Crippen LogP contribution in [-0.2, 0) is 13.1 Å². The van der Waals surface area contributed by atoms with Crippen LogP contribution in [0.25, 0.3) is 0 Å². The van der Waals surface area contributed by atoms with Gasteiger partial charge in [0.25, 0.3) is 5.91 Å². The molecule has 2 N–H and O–H groups in total. The van der Waals surface area contributed by atoms with Gasteiger partial charge < -0.3 is 15.3 Å². The zero-order valence-electron chi connectivity index (χ0n) is 15.0. The van der Waals surface area contributed by atoms with Gasteiger partial charge in [0.2, 0.25) is 0 Å². The average Bonchev–Trinajstić information content (AvgIpc) is 3.23. The summed E-state index contributed by atoms with van der Waals surface area (Å²) in [6.07, 6.45) is 2.19. The topological polar surface area (TPSA) is 70.4 Å². The molecule has 1 aliphatic heterocycles. The highest BCUT2D eigenvalue weighted by atomic mass is 16.3. The van der Waals surface area contributed by atoms with Crippen LogP contribution in [0.2, 0.25) is 0 Å². The number of likely N-dealkylation sites (tertiary alicyclic amines) is 1. The van der Waals surface area contributed by atoms with Crippen LogP contribution in [0.5, 0.6) is 0 Å². The van der Waals surface area contributed by atoms with Gasteiger partial charge in [-0.1, -0.05) is 6.07 Å². The monoisotopic (exact) mass is 342 g/mol. The molecule has 0 unspecified atom stereocenters. The normalized spacial score (nSPS) is 14.1. The number of anilines is 1. The molecule has 1 aromatic heterocycles. The first-order valence-electron chi connectivity index (χ1n) is 8.87. The van der Waals surface area contributed by atoms with E-state index in [1.54, 1.807) is 0 Å². The van der Waals surface area contributed by atoms with E-state index in [-0.39, 0.29) is 12.5 Å². The van der Waals surface area contributed by atoms with Gasteiger partial charge in [0.1, 0.15) is 0 Å². The number of hydrogen-bond donors (Lipinski definition) is 2. The van der Waals surface area contributed by atoms with Crippen molar-refractivity contribution in [3.8, 4) is 0 Å². The third-order valence-electron chi connectivity index (χ3n) is 4.82. The Hall–Kier alpha value is -2.34. The molecule has 3 rings (SSSR count). The van der Waals surface area contributed by atoms with E-state index in [0.717, 1.165) is 54.1 Å². The van der Waals surface area contributed by atoms with Crippen LogP contribution in [0.3, 0.4) is 0 Å². The zero-order valence-corrected chi connectivity index (χ0v) is 15.0. The molecule has 2 aromatic rings. The molecule has 2 heterocycles. The molecule has 1 aliphatic rings. The zero-order chi connectivity index (χ0) is 17.8. The number of aliphatic hydroxyl groups is 1. The summed E-state index contributed by atoms with van der Waals surface area (Å²) in [5, 5.41) is 17.0. The minimum atomic E-state index is 0.0789. The highest BCUT2D eigenvalue weighted by Gasteiger charge is 2.19. The van der Waals surface area contributed by atoms with Crippen LogP contribution < -0.4 is 5.32 Å². The summed E-state index contributed by atoms with van der Waals surface area (Å²) in [5.41, 5.74) is 4.81. The number of amides is 1. The van der Waals surface area contributed by atoms with Crippen molar-refractivity contribution >= 4 is 11.6 Å². The Morgan fingerprint density at radius 1 is 1.28 bits per heavy atom. The Labute approximate surface area is 148 Å². The second-order valence-corrected chi connectivity index (χ2v) is 6.53. The molecule has 0 atom stereocenters. The van der Waals surface area contributed by atoms with E-state index < -0.39 is 0 Å². The number of aliphatic hydroxyl groups excluding tert-OH is 1. The molecule has 1 aromatic carbocycles. The van der Waals surface area contributed by atoms with Gasteiger partial charge in [-0.3, -0.25) is 9.48 Å². The summed E-state index contributed by atoms with van der Waals surface area (Å²) >= 11 is 0. The Morgan fingerprint density at radius 2 is 2.04 bits per heavy atom. The fourth-order valence-corrected chi connectivity index (χ4v) is 3.36. The van der Waals surface area contributed by atoms with Gasteiger partial charge in [0.05, 0.1) is 18.8 Å². The van der Waals surface area contributed by atoms with Gasteiger partial charge >= 0.3 is 0 Å². The predicted octanol–water partition coefficient (Wildman–Crippen LogP) is 2.34. The molecule has 0 bridgehead atoms. The first-order chi connectivity index (χ1) is 12.1. The maximum atomic E-state index is 12.5. The number of hydrogen-bond acceptors (Lipinski definition) is 4. The van der Waals surface area contributed by atoms with Crippen molar-refractivity contribution in [2.45, 2.75) is 39.8 Å². The molecule has 25 heavy (non-hydrogen) atoms. The summed E-state index contributed by atoms with van der Waals surface area (Å²) in [4.78, 5) is 14.4. The van der Waals surface area contributed by atoms with Crippen LogP contribution in [-0.4, -0.2) is 45.4 Å². The lowest BCUT2D eigenvalue weighted by atomic mass is 10.1. The summed E-state index contributed by atoms with van der Waals surface area (Å²) in [7, 11) is 0. The van der Waals surface area contributed by atoms with E-state index in [4.69, 9.17) is 5.11 Å². The number of carbonyl (C=O) groups is 1. The van der Waals surface area contributed by atoms with E-state index in [0.29, 0.717) is 13.1 Å². The van der Waals surface area contributed by atoms with Crippen molar-refractivity contribution in [1.82, 2.24) is 14.7 Å². The number of aryl methyl sites for hydroxylation is 1. The first-order valence-corrected chi connectivity index (χ1v) is 8.87. The molecule has 0 spiro atoms. The van der Waals surface area contributed by atoms with Crippen molar-refractivity contribution in [3.63, 3.8) is 0 Å². The average molecular weight is 342 g/mol. The largest absolute Gasteiger partial charge is 0.394 e. The summed E-state index contributed by atoms with van der Waals surface area (Å²) in [5.74, 6) is 0.115. The molecule has 6 heteroatoms. The minimum Gasteiger partial charge on any atom is -0.394 e. The van der Waals surface area contributed by atoms with E-state index in [1.165, 1.54) is 0 Å². The Morgan fingerprint density at radius 3 is 2.76 bits per heavy atom. The number of rotatable bonds is 6. The molecular weight excluding hydrogens is 316 g/mol. The molecule has 1 amide bonds. The van der Waals surface area contributed by atoms with Crippen molar-refractivity contribution in [1.29, 1.82) is 0 Å². The van der Waals surface area contributed by atoms with Crippen molar-refractivity contribution < 1.29 is 9.90 Å². The van der Waals surface area contributed by atoms with Gasteiger partial charge in [-0.15, -0.1) is 0 Å². The van der Waals surface area contributed by atoms with E-state index in [2.05, 4.69) is 10.4 Å². The second kappa shape index (κ2) is 7.70. The van der Waals surface area contributed by atoms with E-state index in [9.17, 15) is 4.79 Å². The maximum absolute atomic E-state index is 12.5. The van der Waals surface area contributed by atoms with Crippen molar-refractivity contribution in [2.75, 3.05) is 25.0 Å². The SMILES string of the molecule is Cc1nn(CCO)c(C)c1CNc1cccc(C(=O)N2CCCC2)c1. The summed E-state index contributed by atoms with van der Waals surface area (Å²) in [6.45, 7) is 6.94. The maximum Gasteiger partial charge on any atom is 0.253 e. The minimum absolute atomic E-state index is 0.0789. The molecule has 0 saturated carbocycles. The molecule has 1 fully saturated rings. The van der Waals surface area contributed by atoms with Crippen LogP contribution in [0.15, 0.2) is 24.3 Å². The van der Waals surface area contributed by atoms with Crippen LogP contribution in [0, 0.1) is 13.8 Å². The number of nitrogens with zero attached hydrogens (tertiary/aromatic N) is 3. The van der Waals surface area contributed by atoms with Gasteiger partial charge in [-0.05, 0) is 44.9 Å². The van der Waals surface area contributed by atoms with Gasteiger partial charge in [-0.25, -0.2) is 0 Å². The Kier molecular flexibility index (Phi) is 5.38. The highest BCUT2D eigenvalue weighted by Crippen LogP contribution is 2.19. The molecule has 0 radical (unpaired) electrons. The Bertz CT molecular complexity index is 748. The van der Waals surface area contributed by atoms with E-state index >= 15 is 0 Å². The van der Waals surface area contributed by atoms with Crippen LogP contribution in [0.1, 0.15) is 40.2 Å². The predicted molar refractivity (Wildman–Crippen MR) is 97.7 cm³/mol. The van der Waals surface area contributed by atoms with Gasteiger partial charge in [0, 0.05) is 42.1 Å². The van der Waals surface area contributed by atoms with Crippen molar-refractivity contribution in [3.05, 3.63) is 46.8 Å². The lowest BCUT2D eigenvalue weighted by Crippen LogP contribution is -2.27. The van der Waals surface area contributed by atoms with Gasteiger partial charge in [-0.2, -0.15) is 5.10 Å². The highest BCUT2D eigenvalue weighted by molar-refractivity contribution is 5.95. The fraction of sp³-hybridized carbons (Fsp3) is 0.474. The standard InChI is InChI=1S/C19H26N4O2/c1-14-18(15(2)23(21-14)10-11-24)13-20-17-7-5-6-16(12-17)19(25)22-8-3-4-9-22/h5-7,12,20,24H,3-4,8-11,13H2,1-2H3. The Balaban J connectivity index is 1.70. The lowest BCUT2D eigenvalue weighted by molar-refractivity contribution is 0.0793. The number of aromatic nitrogens is 2. The molecule has 134 valence electrons. The second-order valence-electron chi connectivity index (χ2n) is 6.53. The summed E-state index contributed by atoms with van der Waals surface area (Å²) in [6, 6.07) is 7.69. The van der Waals surface area contributed by atoms with Crippen molar-refractivity contribution in [2.24, 2.45) is 0 Å². The summed E-state index contributed by atoms with van der Waals surface area (Å²) < 4.78 is 1.83. The quantitative estimate of drug-likeness (QED) is 0.845. The molecule has 1 saturated heterocycles. The third-order valence-corrected chi connectivity index (χ3v) is 4.82. The molecular formula is C19H26N4O2. The number of benzene rings is 1. The van der Waals surface area contributed by atoms with Crippen LogP contribution >= 0.6 is 0 Å². The number of nitrogens with one attached hydrogen (secondary N) is 1. The third kappa shape index (κ3) is 3.85. The molecule has 6 nitrogen and oxygen atoms in total. The van der Waals surface area contributed by atoms with E-state index in [1.807, 2.05) is 47.7 Å². The fourth-order valence-electron chi connectivity index (χ4n) is 3.36. The molecule has 0 aliphatic carbocycles. The van der Waals surface area contributed by atoms with Gasteiger partial charge in [0.15, 0.2) is 0 Å². The number of carbonyl (C=O) groups excluding carboxylic acids is 1.